The molecule has 0 atom stereocenters. The van der Waals surface area contributed by atoms with E-state index in [1.54, 1.807) is 0 Å². The summed E-state index contributed by atoms with van der Waals surface area (Å²) in [5.74, 6) is 0.798. The van der Waals surface area contributed by atoms with Crippen LogP contribution in [0.25, 0.3) is 0 Å². The molecular formula is C17H19BrClNO. The van der Waals surface area contributed by atoms with Crippen molar-refractivity contribution in [1.29, 1.82) is 0 Å². The van der Waals surface area contributed by atoms with Crippen molar-refractivity contribution in [2.45, 2.75) is 27.3 Å². The molecule has 0 unspecified atom stereocenters. The predicted octanol–water partition coefficient (Wildman–Crippen LogP) is 5.73. The van der Waals surface area contributed by atoms with Crippen molar-refractivity contribution in [2.24, 2.45) is 0 Å². The highest BCUT2D eigenvalue weighted by Crippen LogP contribution is 2.37. The van der Waals surface area contributed by atoms with Crippen LogP contribution in [-0.2, 0) is 6.54 Å². The predicted molar refractivity (Wildman–Crippen MR) is 93.6 cm³/mol. The monoisotopic (exact) mass is 367 g/mol. The number of hydrogen-bond acceptors (Lipinski definition) is 2. The Kier molecular flexibility index (Phi) is 5.54. The minimum atomic E-state index is 0.610. The van der Waals surface area contributed by atoms with Gasteiger partial charge in [-0.15, -0.1) is 0 Å². The van der Waals surface area contributed by atoms with E-state index in [0.29, 0.717) is 11.6 Å². The van der Waals surface area contributed by atoms with Crippen LogP contribution in [-0.4, -0.2) is 6.61 Å². The molecule has 4 heteroatoms. The Bertz CT molecular complexity index is 643. The van der Waals surface area contributed by atoms with Crippen LogP contribution in [0.2, 0.25) is 5.02 Å². The highest BCUT2D eigenvalue weighted by Gasteiger charge is 2.10. The van der Waals surface area contributed by atoms with Crippen LogP contribution in [0.5, 0.6) is 5.75 Å². The van der Waals surface area contributed by atoms with Gasteiger partial charge in [0.25, 0.3) is 0 Å². The molecule has 2 aromatic carbocycles. The second-order valence-electron chi connectivity index (χ2n) is 4.91. The summed E-state index contributed by atoms with van der Waals surface area (Å²) in [4.78, 5) is 0. The van der Waals surface area contributed by atoms with E-state index in [0.717, 1.165) is 22.5 Å². The molecule has 0 radical (unpaired) electrons. The van der Waals surface area contributed by atoms with Gasteiger partial charge in [0.15, 0.2) is 5.75 Å². The third kappa shape index (κ3) is 3.92. The first kappa shape index (κ1) is 16.2. The third-order valence-electron chi connectivity index (χ3n) is 3.48. The van der Waals surface area contributed by atoms with Crippen molar-refractivity contribution in [3.8, 4) is 5.75 Å². The van der Waals surface area contributed by atoms with Crippen molar-refractivity contribution >= 4 is 33.2 Å². The Labute approximate surface area is 139 Å². The maximum Gasteiger partial charge on any atom is 0.156 e. The average Bonchev–Trinajstić information content (AvgIpc) is 2.44. The molecule has 0 amide bonds. The Morgan fingerprint density at radius 2 is 2.00 bits per heavy atom. The first-order valence-electron chi connectivity index (χ1n) is 6.93. The molecule has 0 saturated heterocycles. The first-order chi connectivity index (χ1) is 10.0. The summed E-state index contributed by atoms with van der Waals surface area (Å²) in [6, 6.07) is 10.1. The van der Waals surface area contributed by atoms with Gasteiger partial charge in [0.2, 0.25) is 0 Å². The average molecular weight is 369 g/mol. The van der Waals surface area contributed by atoms with Crippen LogP contribution >= 0.6 is 27.5 Å². The molecule has 112 valence electrons. The number of halogens is 2. The molecule has 0 fully saturated rings. The zero-order chi connectivity index (χ0) is 15.4. The van der Waals surface area contributed by atoms with Crippen molar-refractivity contribution in [1.82, 2.24) is 0 Å². The fourth-order valence-corrected chi connectivity index (χ4v) is 3.10. The molecule has 0 bridgehead atoms. The smallest absolute Gasteiger partial charge is 0.156 e. The minimum Gasteiger partial charge on any atom is -0.491 e. The quantitative estimate of drug-likeness (QED) is 0.727. The summed E-state index contributed by atoms with van der Waals surface area (Å²) in [5, 5.41) is 4.10. The van der Waals surface area contributed by atoms with E-state index < -0.39 is 0 Å². The number of hydrogen-bond donors (Lipinski definition) is 1. The molecule has 2 rings (SSSR count). The lowest BCUT2D eigenvalue weighted by Crippen LogP contribution is -2.05. The van der Waals surface area contributed by atoms with Crippen LogP contribution in [0.3, 0.4) is 0 Å². The molecule has 1 N–H and O–H groups in total. The van der Waals surface area contributed by atoms with Gasteiger partial charge in [-0.3, -0.25) is 0 Å². The maximum atomic E-state index is 6.13. The van der Waals surface area contributed by atoms with E-state index in [9.17, 15) is 0 Å². The van der Waals surface area contributed by atoms with Crippen molar-refractivity contribution in [3.63, 3.8) is 0 Å². The number of aryl methyl sites for hydroxylation is 1. The van der Waals surface area contributed by atoms with E-state index in [2.05, 4.69) is 53.3 Å². The van der Waals surface area contributed by atoms with Gasteiger partial charge in [-0.25, -0.2) is 0 Å². The summed E-state index contributed by atoms with van der Waals surface area (Å²) in [6.07, 6.45) is 0. The molecule has 0 aliphatic heterocycles. The van der Waals surface area contributed by atoms with E-state index in [-0.39, 0.29) is 0 Å². The van der Waals surface area contributed by atoms with Gasteiger partial charge in [-0.2, -0.15) is 0 Å². The van der Waals surface area contributed by atoms with E-state index in [4.69, 9.17) is 16.3 Å². The molecular weight excluding hydrogens is 350 g/mol. The summed E-state index contributed by atoms with van der Waals surface area (Å²) < 4.78 is 6.56. The van der Waals surface area contributed by atoms with Crippen molar-refractivity contribution in [3.05, 3.63) is 56.5 Å². The highest BCUT2D eigenvalue weighted by molar-refractivity contribution is 9.10. The van der Waals surface area contributed by atoms with Crippen molar-refractivity contribution < 1.29 is 4.74 Å². The number of anilines is 1. The van der Waals surface area contributed by atoms with E-state index in [1.165, 1.54) is 16.7 Å². The van der Waals surface area contributed by atoms with Gasteiger partial charge in [-0.1, -0.05) is 29.8 Å². The molecule has 0 aromatic heterocycles. The SMILES string of the molecule is CCOc1c(Br)cc(Cl)cc1NCc1cccc(C)c1C. The fraction of sp³-hybridized carbons (Fsp3) is 0.294. The molecule has 0 saturated carbocycles. The number of ether oxygens (including phenoxy) is 1. The highest BCUT2D eigenvalue weighted by atomic mass is 79.9. The van der Waals surface area contributed by atoms with Crippen LogP contribution in [0.1, 0.15) is 23.6 Å². The van der Waals surface area contributed by atoms with Gasteiger partial charge < -0.3 is 10.1 Å². The van der Waals surface area contributed by atoms with Crippen molar-refractivity contribution in [2.75, 3.05) is 11.9 Å². The molecule has 21 heavy (non-hydrogen) atoms. The Balaban J connectivity index is 2.25. The second-order valence-corrected chi connectivity index (χ2v) is 6.20. The normalized spacial score (nSPS) is 10.5. The van der Waals surface area contributed by atoms with Crippen LogP contribution in [0.4, 0.5) is 5.69 Å². The molecule has 2 aromatic rings. The van der Waals surface area contributed by atoms with Crippen LogP contribution in [0, 0.1) is 13.8 Å². The minimum absolute atomic E-state index is 0.610. The van der Waals surface area contributed by atoms with Gasteiger partial charge in [-0.05, 0) is 65.5 Å². The summed E-state index contributed by atoms with van der Waals surface area (Å²) in [7, 11) is 0. The largest absolute Gasteiger partial charge is 0.491 e. The van der Waals surface area contributed by atoms with E-state index in [1.807, 2.05) is 19.1 Å². The standard InChI is InChI=1S/C17H19BrClNO/c1-4-21-17-15(18)8-14(19)9-16(17)20-10-13-7-5-6-11(2)12(13)3/h5-9,20H,4,10H2,1-3H3. The Hall–Kier alpha value is -1.19. The first-order valence-corrected chi connectivity index (χ1v) is 8.10. The lowest BCUT2D eigenvalue weighted by atomic mass is 10.0. The lowest BCUT2D eigenvalue weighted by molar-refractivity contribution is 0.339. The topological polar surface area (TPSA) is 21.3 Å². The zero-order valence-electron chi connectivity index (χ0n) is 12.5. The summed E-state index contributed by atoms with van der Waals surface area (Å²) in [5.41, 5.74) is 4.78. The molecule has 2 nitrogen and oxygen atoms in total. The van der Waals surface area contributed by atoms with Gasteiger partial charge in [0.05, 0.1) is 16.8 Å². The van der Waals surface area contributed by atoms with Gasteiger partial charge in [0, 0.05) is 11.6 Å². The molecule has 0 aliphatic carbocycles. The molecule has 0 heterocycles. The van der Waals surface area contributed by atoms with Crippen LogP contribution in [0.15, 0.2) is 34.8 Å². The molecule has 0 aliphatic rings. The third-order valence-corrected chi connectivity index (χ3v) is 4.29. The number of benzene rings is 2. The zero-order valence-corrected chi connectivity index (χ0v) is 14.8. The van der Waals surface area contributed by atoms with Crippen LogP contribution < -0.4 is 10.1 Å². The van der Waals surface area contributed by atoms with Gasteiger partial charge in [0.1, 0.15) is 0 Å². The fourth-order valence-electron chi connectivity index (χ4n) is 2.18. The van der Waals surface area contributed by atoms with E-state index >= 15 is 0 Å². The maximum absolute atomic E-state index is 6.13. The number of nitrogens with one attached hydrogen (secondary N) is 1. The Morgan fingerprint density at radius 1 is 1.24 bits per heavy atom. The Morgan fingerprint density at radius 3 is 2.71 bits per heavy atom. The molecule has 0 spiro atoms. The number of rotatable bonds is 5. The lowest BCUT2D eigenvalue weighted by Gasteiger charge is -2.16. The van der Waals surface area contributed by atoms with Gasteiger partial charge >= 0.3 is 0 Å². The summed E-state index contributed by atoms with van der Waals surface area (Å²) >= 11 is 9.64. The second kappa shape index (κ2) is 7.19. The summed E-state index contributed by atoms with van der Waals surface area (Å²) in [6.45, 7) is 7.58.